The van der Waals surface area contributed by atoms with Gasteiger partial charge in [0.05, 0.1) is 0 Å². The number of imide groups is 1. The maximum absolute atomic E-state index is 13.2. The Morgan fingerprint density at radius 2 is 1.82 bits per heavy atom. The van der Waals surface area contributed by atoms with Crippen LogP contribution in [0.25, 0.3) is 22.2 Å². The smallest absolute Gasteiger partial charge is 0.325 e. The number of H-pyrrole nitrogens is 1. The Balaban J connectivity index is 1.32. The second-order valence-electron chi connectivity index (χ2n) is 8.08. The number of carbonyl (C=O) groups excluding carboxylic acids is 3. The van der Waals surface area contributed by atoms with Crippen LogP contribution in [0.1, 0.15) is 12.5 Å². The molecule has 4 aromatic rings. The van der Waals surface area contributed by atoms with E-state index in [2.05, 4.69) is 25.3 Å². The van der Waals surface area contributed by atoms with E-state index in [1.54, 1.807) is 37.3 Å². The number of amides is 4. The number of carbonyl (C=O) groups is 3. The highest BCUT2D eigenvalue weighted by Gasteiger charge is 2.49. The largest absolute Gasteiger partial charge is 0.439 e. The SMILES string of the molecule is CC1(c2ccc3ccccc3c2)NC(=O)N(CC(=O)Nc2cccc(-c3noc(=O)[nH]3)c2)C1=O. The minimum Gasteiger partial charge on any atom is -0.325 e. The van der Waals surface area contributed by atoms with Crippen LogP contribution >= 0.6 is 0 Å². The molecular formula is C24H19N5O5. The minimum atomic E-state index is -1.29. The summed E-state index contributed by atoms with van der Waals surface area (Å²) in [6.07, 6.45) is 0. The Kier molecular flexibility index (Phi) is 4.97. The van der Waals surface area contributed by atoms with E-state index < -0.39 is 35.7 Å². The molecule has 1 atom stereocenters. The fourth-order valence-corrected chi connectivity index (χ4v) is 3.98. The predicted molar refractivity (Wildman–Crippen MR) is 123 cm³/mol. The van der Waals surface area contributed by atoms with Gasteiger partial charge in [0.1, 0.15) is 12.1 Å². The molecule has 1 fully saturated rings. The molecule has 2 heterocycles. The van der Waals surface area contributed by atoms with E-state index >= 15 is 0 Å². The fourth-order valence-electron chi connectivity index (χ4n) is 3.98. The van der Waals surface area contributed by atoms with Crippen LogP contribution in [-0.4, -0.2) is 39.4 Å². The van der Waals surface area contributed by atoms with Gasteiger partial charge in [0, 0.05) is 11.3 Å². The van der Waals surface area contributed by atoms with Crippen molar-refractivity contribution in [3.8, 4) is 11.4 Å². The number of hydrogen-bond donors (Lipinski definition) is 3. The standard InChI is InChI=1S/C24H19N5O5/c1-24(17-10-9-14-5-2-3-6-15(14)11-17)21(31)29(22(32)27-24)13-19(30)25-18-8-4-7-16(12-18)20-26-23(33)34-28-20/h2-12H,13H2,1H3,(H,25,30)(H,27,32)(H,26,28,33). The first kappa shape index (κ1) is 21.1. The summed E-state index contributed by atoms with van der Waals surface area (Å²) in [5, 5.41) is 10.9. The molecule has 0 bridgehead atoms. The fraction of sp³-hybridized carbons (Fsp3) is 0.125. The molecule has 5 rings (SSSR count). The molecule has 170 valence electrons. The number of hydrogen-bond acceptors (Lipinski definition) is 6. The van der Waals surface area contributed by atoms with Crippen molar-refractivity contribution in [3.05, 3.63) is 82.8 Å². The monoisotopic (exact) mass is 457 g/mol. The molecule has 1 aromatic heterocycles. The van der Waals surface area contributed by atoms with Gasteiger partial charge in [-0.15, -0.1) is 0 Å². The van der Waals surface area contributed by atoms with Gasteiger partial charge < -0.3 is 10.6 Å². The zero-order valence-corrected chi connectivity index (χ0v) is 18.0. The number of nitrogens with zero attached hydrogens (tertiary/aromatic N) is 2. The number of aromatic amines is 1. The van der Waals surface area contributed by atoms with Crippen molar-refractivity contribution in [2.75, 3.05) is 11.9 Å². The van der Waals surface area contributed by atoms with Gasteiger partial charge in [0.25, 0.3) is 5.91 Å². The van der Waals surface area contributed by atoms with Crippen molar-refractivity contribution in [1.29, 1.82) is 0 Å². The molecule has 34 heavy (non-hydrogen) atoms. The van der Waals surface area contributed by atoms with Gasteiger partial charge in [-0.05, 0) is 41.5 Å². The van der Waals surface area contributed by atoms with Gasteiger partial charge >= 0.3 is 11.8 Å². The summed E-state index contributed by atoms with van der Waals surface area (Å²) in [5.41, 5.74) is 0.250. The normalized spacial score (nSPS) is 17.7. The summed E-state index contributed by atoms with van der Waals surface area (Å²) in [5.74, 6) is -1.56. The highest BCUT2D eigenvalue weighted by Crippen LogP contribution is 2.31. The van der Waals surface area contributed by atoms with E-state index in [0.717, 1.165) is 15.7 Å². The number of benzene rings is 3. The molecule has 0 spiro atoms. The zero-order chi connectivity index (χ0) is 23.9. The first-order chi connectivity index (χ1) is 16.3. The molecule has 1 unspecified atom stereocenters. The Morgan fingerprint density at radius 1 is 1.03 bits per heavy atom. The summed E-state index contributed by atoms with van der Waals surface area (Å²) >= 11 is 0. The maximum Gasteiger partial charge on any atom is 0.439 e. The Labute approximate surface area is 192 Å². The molecule has 1 aliphatic rings. The predicted octanol–water partition coefficient (Wildman–Crippen LogP) is 2.59. The summed E-state index contributed by atoms with van der Waals surface area (Å²) in [4.78, 5) is 53.0. The molecule has 3 aromatic carbocycles. The van der Waals surface area contributed by atoms with Crippen molar-refractivity contribution in [1.82, 2.24) is 20.4 Å². The van der Waals surface area contributed by atoms with Crippen molar-refractivity contribution in [2.24, 2.45) is 0 Å². The number of rotatable bonds is 5. The lowest BCUT2D eigenvalue weighted by Gasteiger charge is -2.22. The van der Waals surface area contributed by atoms with Crippen molar-refractivity contribution in [3.63, 3.8) is 0 Å². The van der Waals surface area contributed by atoms with Gasteiger partial charge in [-0.25, -0.2) is 9.59 Å². The van der Waals surface area contributed by atoms with Crippen LogP contribution < -0.4 is 16.4 Å². The van der Waals surface area contributed by atoms with Crippen molar-refractivity contribution < 1.29 is 18.9 Å². The second kappa shape index (κ2) is 8.00. The quantitative estimate of drug-likeness (QED) is 0.394. The average Bonchev–Trinajstić information content (AvgIpc) is 3.36. The second-order valence-corrected chi connectivity index (χ2v) is 8.08. The molecule has 1 aliphatic heterocycles. The van der Waals surface area contributed by atoms with Gasteiger partial charge in [-0.3, -0.25) is 24.0 Å². The maximum atomic E-state index is 13.2. The summed E-state index contributed by atoms with van der Waals surface area (Å²) < 4.78 is 4.49. The van der Waals surface area contributed by atoms with Gasteiger partial charge in [0.2, 0.25) is 5.91 Å². The molecular weight excluding hydrogens is 438 g/mol. The first-order valence-electron chi connectivity index (χ1n) is 10.4. The first-order valence-corrected chi connectivity index (χ1v) is 10.4. The molecule has 0 radical (unpaired) electrons. The van der Waals surface area contributed by atoms with Crippen LogP contribution in [0.2, 0.25) is 0 Å². The highest BCUT2D eigenvalue weighted by atomic mass is 16.5. The van der Waals surface area contributed by atoms with E-state index in [1.807, 2.05) is 36.4 Å². The molecule has 3 N–H and O–H groups in total. The lowest BCUT2D eigenvalue weighted by atomic mass is 9.90. The Bertz CT molecular complexity index is 1510. The average molecular weight is 457 g/mol. The van der Waals surface area contributed by atoms with Crippen LogP contribution in [-0.2, 0) is 15.1 Å². The van der Waals surface area contributed by atoms with Crippen LogP contribution in [0.3, 0.4) is 0 Å². The van der Waals surface area contributed by atoms with Crippen molar-refractivity contribution >= 4 is 34.3 Å². The number of anilines is 1. The molecule has 10 nitrogen and oxygen atoms in total. The number of nitrogens with one attached hydrogen (secondary N) is 3. The van der Waals surface area contributed by atoms with Crippen LogP contribution in [0.5, 0.6) is 0 Å². The third-order valence-corrected chi connectivity index (χ3v) is 5.76. The van der Waals surface area contributed by atoms with Crippen LogP contribution in [0.4, 0.5) is 10.5 Å². The topological polar surface area (TPSA) is 137 Å². The van der Waals surface area contributed by atoms with Gasteiger partial charge in [0.15, 0.2) is 5.82 Å². The van der Waals surface area contributed by atoms with Gasteiger partial charge in [-0.2, -0.15) is 0 Å². The van der Waals surface area contributed by atoms with E-state index in [4.69, 9.17) is 0 Å². The molecule has 0 saturated carbocycles. The Morgan fingerprint density at radius 3 is 2.59 bits per heavy atom. The van der Waals surface area contributed by atoms with Gasteiger partial charge in [-0.1, -0.05) is 53.7 Å². The van der Waals surface area contributed by atoms with Crippen LogP contribution in [0, 0.1) is 0 Å². The lowest BCUT2D eigenvalue weighted by Crippen LogP contribution is -2.42. The molecule has 10 heteroatoms. The zero-order valence-electron chi connectivity index (χ0n) is 18.0. The van der Waals surface area contributed by atoms with E-state index in [1.165, 1.54) is 0 Å². The molecule has 4 amide bonds. The molecule has 1 saturated heterocycles. The summed E-state index contributed by atoms with van der Waals surface area (Å²) in [7, 11) is 0. The van der Waals surface area contributed by atoms with E-state index in [-0.39, 0.29) is 5.82 Å². The van der Waals surface area contributed by atoms with Crippen molar-refractivity contribution in [2.45, 2.75) is 12.5 Å². The third kappa shape index (κ3) is 3.71. The van der Waals surface area contributed by atoms with Crippen LogP contribution in [0.15, 0.2) is 76.0 Å². The minimum absolute atomic E-state index is 0.210. The number of fused-ring (bicyclic) bond motifs is 1. The lowest BCUT2D eigenvalue weighted by molar-refractivity contribution is -0.133. The number of urea groups is 1. The number of aromatic nitrogens is 2. The third-order valence-electron chi connectivity index (χ3n) is 5.76. The Hall–Kier alpha value is -4.73. The summed E-state index contributed by atoms with van der Waals surface area (Å²) in [6, 6.07) is 19.1. The highest BCUT2D eigenvalue weighted by molar-refractivity contribution is 6.10. The van der Waals surface area contributed by atoms with E-state index in [9.17, 15) is 19.2 Å². The molecule has 0 aliphatic carbocycles. The summed E-state index contributed by atoms with van der Waals surface area (Å²) in [6.45, 7) is 1.16. The van der Waals surface area contributed by atoms with E-state index in [0.29, 0.717) is 16.8 Å².